The molecule has 0 aliphatic carbocycles. The summed E-state index contributed by atoms with van der Waals surface area (Å²) >= 11 is 0. The van der Waals surface area contributed by atoms with E-state index in [1.165, 1.54) is 0 Å². The summed E-state index contributed by atoms with van der Waals surface area (Å²) < 4.78 is 2.18. The van der Waals surface area contributed by atoms with Gasteiger partial charge in [0.1, 0.15) is 11.3 Å². The number of hydrogen-bond acceptors (Lipinski definition) is 6. The van der Waals surface area contributed by atoms with Gasteiger partial charge in [-0.1, -0.05) is 42.8 Å². The van der Waals surface area contributed by atoms with Crippen molar-refractivity contribution >= 4 is 45.1 Å². The zero-order valence-electron chi connectivity index (χ0n) is 25.1. The second kappa shape index (κ2) is 12.2. The van der Waals surface area contributed by atoms with Gasteiger partial charge in [-0.2, -0.15) is 0 Å². The lowest BCUT2D eigenvalue weighted by Gasteiger charge is -2.28. The highest BCUT2D eigenvalue weighted by Gasteiger charge is 2.32. The third kappa shape index (κ3) is 5.86. The fourth-order valence-corrected chi connectivity index (χ4v) is 4.81. The zero-order chi connectivity index (χ0) is 29.9. The number of hydrogen-bond donors (Lipinski definition) is 0. The lowest BCUT2D eigenvalue weighted by molar-refractivity contribution is -0.154. The number of unbranched alkanes of at least 4 members (excludes halogenated alkanes) is 1. The molecule has 7 heteroatoms. The van der Waals surface area contributed by atoms with E-state index in [4.69, 9.17) is 4.84 Å². The summed E-state index contributed by atoms with van der Waals surface area (Å²) in [5.41, 5.74) is 3.94. The number of oxime groups is 1. The Hall–Kier alpha value is -4.10. The molecule has 0 saturated carbocycles. The van der Waals surface area contributed by atoms with E-state index >= 15 is 0 Å². The first-order valence-electron chi connectivity index (χ1n) is 14.2. The van der Waals surface area contributed by atoms with Gasteiger partial charge >= 0.3 is 5.97 Å². The number of benzene rings is 3. The van der Waals surface area contributed by atoms with E-state index in [1.807, 2.05) is 68.4 Å². The molecule has 41 heavy (non-hydrogen) atoms. The molecule has 0 unspecified atom stereocenters. The number of Topliss-reactive ketones (excluding diaryl/α,β-unsaturated/α-hetero) is 1. The number of aryl methyl sites for hydroxylation is 2. The van der Waals surface area contributed by atoms with Crippen molar-refractivity contribution in [3.63, 3.8) is 0 Å². The topological polar surface area (TPSA) is 81.0 Å². The quantitative estimate of drug-likeness (QED) is 0.0867. The van der Waals surface area contributed by atoms with Gasteiger partial charge in [0.2, 0.25) is 5.78 Å². The second-order valence-corrected chi connectivity index (χ2v) is 11.2. The molecule has 0 spiro atoms. The average Bonchev–Trinajstić information content (AvgIpc) is 3.28. The Bertz CT molecular complexity index is 1660. The smallest absolute Gasteiger partial charge is 0.341 e. The molecule has 1 heterocycles. The first-order valence-corrected chi connectivity index (χ1v) is 14.2. The molecule has 0 atom stereocenters. The van der Waals surface area contributed by atoms with Gasteiger partial charge in [-0.05, 0) is 96.6 Å². The summed E-state index contributed by atoms with van der Waals surface area (Å²) in [5.74, 6) is -0.844. The Balaban J connectivity index is 1.77. The molecule has 1 aromatic heterocycles. The monoisotopic (exact) mass is 553 g/mol. The fourth-order valence-electron chi connectivity index (χ4n) is 4.81. The van der Waals surface area contributed by atoms with E-state index < -0.39 is 11.5 Å². The Morgan fingerprint density at radius 1 is 0.902 bits per heavy atom. The van der Waals surface area contributed by atoms with Crippen LogP contribution in [0.3, 0.4) is 0 Å². The van der Waals surface area contributed by atoms with Crippen molar-refractivity contribution in [1.82, 2.24) is 9.47 Å². The zero-order valence-corrected chi connectivity index (χ0v) is 25.1. The van der Waals surface area contributed by atoms with Crippen molar-refractivity contribution in [3.8, 4) is 0 Å². The van der Waals surface area contributed by atoms with Crippen LogP contribution in [0.1, 0.15) is 78.8 Å². The molecule has 0 saturated heterocycles. The van der Waals surface area contributed by atoms with E-state index in [0.717, 1.165) is 46.8 Å². The number of carbonyl (C=O) groups excluding carboxylic acids is 3. The molecule has 214 valence electrons. The predicted octanol–water partition coefficient (Wildman–Crippen LogP) is 6.97. The van der Waals surface area contributed by atoms with Crippen LogP contribution in [0.15, 0.2) is 65.8 Å². The average molecular weight is 554 g/mol. The number of nitrogens with zero attached hydrogens (tertiary/aromatic N) is 3. The van der Waals surface area contributed by atoms with Gasteiger partial charge in [-0.3, -0.25) is 14.5 Å². The Kier molecular flexibility index (Phi) is 8.88. The highest BCUT2D eigenvalue weighted by molar-refractivity contribution is 6.46. The van der Waals surface area contributed by atoms with Crippen molar-refractivity contribution in [1.29, 1.82) is 0 Å². The second-order valence-electron chi connectivity index (χ2n) is 11.2. The van der Waals surface area contributed by atoms with Gasteiger partial charge in [0.05, 0.1) is 0 Å². The standard InChI is InChI=1S/C34H39N3O4/c1-8-10-15-28(35-41-33(40)34(4,5)36(6)7)32(39)24-17-19-30-27(21-24)26-20-23(16-18-29(26)37(30)9-2)31(38)25-14-12-11-13-22(25)3/h11-14,16-21H,8-10,15H2,1-7H3/b35-28+. The molecule has 0 bridgehead atoms. The van der Waals surface area contributed by atoms with Gasteiger partial charge in [0.15, 0.2) is 5.78 Å². The molecule has 0 aliphatic rings. The van der Waals surface area contributed by atoms with E-state index in [-0.39, 0.29) is 17.3 Å². The number of carbonyl (C=O) groups is 3. The molecular formula is C34H39N3O4. The molecule has 4 rings (SSSR count). The number of aromatic nitrogens is 1. The molecule has 0 aliphatic heterocycles. The minimum absolute atomic E-state index is 0.0360. The SMILES string of the molecule is CCCC/C(=N\OC(=O)C(C)(C)N(C)C)C(=O)c1ccc2c(c1)c1cc(C(=O)c3ccccc3C)ccc1n2CC. The van der Waals surface area contributed by atoms with Crippen molar-refractivity contribution < 1.29 is 19.2 Å². The Morgan fingerprint density at radius 2 is 1.51 bits per heavy atom. The largest absolute Gasteiger partial charge is 0.354 e. The molecule has 3 aromatic carbocycles. The lowest BCUT2D eigenvalue weighted by atomic mass is 9.97. The van der Waals surface area contributed by atoms with E-state index in [1.54, 1.807) is 38.9 Å². The normalized spacial score (nSPS) is 12.3. The number of likely N-dealkylation sites (N-methyl/N-ethyl adjacent to an activating group) is 1. The van der Waals surface area contributed by atoms with Gasteiger partial charge in [-0.15, -0.1) is 0 Å². The van der Waals surface area contributed by atoms with Crippen LogP contribution in [0.4, 0.5) is 0 Å². The first kappa shape index (κ1) is 29.9. The van der Waals surface area contributed by atoms with Crippen LogP contribution in [-0.2, 0) is 16.2 Å². The number of rotatable bonds is 11. The molecule has 0 amide bonds. The van der Waals surface area contributed by atoms with Gasteiger partial charge in [-0.25, -0.2) is 4.79 Å². The molecule has 4 aromatic rings. The maximum Gasteiger partial charge on any atom is 0.354 e. The van der Waals surface area contributed by atoms with Crippen LogP contribution in [-0.4, -0.2) is 52.3 Å². The van der Waals surface area contributed by atoms with Crippen LogP contribution in [0.25, 0.3) is 21.8 Å². The minimum Gasteiger partial charge on any atom is -0.341 e. The van der Waals surface area contributed by atoms with E-state index in [0.29, 0.717) is 23.1 Å². The van der Waals surface area contributed by atoms with Crippen molar-refractivity contribution in [3.05, 3.63) is 82.9 Å². The molecular weight excluding hydrogens is 514 g/mol. The Morgan fingerprint density at radius 3 is 2.10 bits per heavy atom. The highest BCUT2D eigenvalue weighted by Crippen LogP contribution is 2.32. The Labute approximate surface area is 241 Å². The van der Waals surface area contributed by atoms with Crippen LogP contribution in [0, 0.1) is 6.92 Å². The van der Waals surface area contributed by atoms with Gasteiger partial charge in [0.25, 0.3) is 0 Å². The summed E-state index contributed by atoms with van der Waals surface area (Å²) in [6.45, 7) is 10.3. The van der Waals surface area contributed by atoms with E-state index in [9.17, 15) is 14.4 Å². The molecule has 0 fully saturated rings. The van der Waals surface area contributed by atoms with Gasteiger partial charge in [0, 0.05) is 45.0 Å². The predicted molar refractivity (Wildman–Crippen MR) is 165 cm³/mol. The number of fused-ring (bicyclic) bond motifs is 3. The lowest BCUT2D eigenvalue weighted by Crippen LogP contribution is -2.46. The summed E-state index contributed by atoms with van der Waals surface area (Å²) in [7, 11) is 3.58. The third-order valence-electron chi connectivity index (χ3n) is 7.98. The number of ketones is 2. The first-order chi connectivity index (χ1) is 19.5. The summed E-state index contributed by atoms with van der Waals surface area (Å²) in [6.07, 6.45) is 2.00. The molecule has 0 radical (unpaired) electrons. The summed E-state index contributed by atoms with van der Waals surface area (Å²) in [6, 6.07) is 18.9. The highest BCUT2D eigenvalue weighted by atomic mass is 16.7. The van der Waals surface area contributed by atoms with Crippen molar-refractivity contribution in [2.24, 2.45) is 5.16 Å². The van der Waals surface area contributed by atoms with Crippen molar-refractivity contribution in [2.45, 2.75) is 66.0 Å². The summed E-state index contributed by atoms with van der Waals surface area (Å²) in [5, 5.41) is 5.86. The van der Waals surface area contributed by atoms with Crippen molar-refractivity contribution in [2.75, 3.05) is 14.1 Å². The molecule has 0 N–H and O–H groups in total. The summed E-state index contributed by atoms with van der Waals surface area (Å²) in [4.78, 5) is 46.8. The van der Waals surface area contributed by atoms with Crippen LogP contribution >= 0.6 is 0 Å². The fraction of sp³-hybridized carbons (Fsp3) is 0.353. The van der Waals surface area contributed by atoms with Crippen LogP contribution < -0.4 is 0 Å². The maximum atomic E-state index is 13.7. The van der Waals surface area contributed by atoms with Gasteiger partial charge < -0.3 is 9.40 Å². The van der Waals surface area contributed by atoms with Crippen LogP contribution in [0.5, 0.6) is 0 Å². The molecule has 7 nitrogen and oxygen atoms in total. The van der Waals surface area contributed by atoms with Crippen LogP contribution in [0.2, 0.25) is 0 Å². The maximum absolute atomic E-state index is 13.7. The third-order valence-corrected chi connectivity index (χ3v) is 7.98. The minimum atomic E-state index is -0.892. The van der Waals surface area contributed by atoms with E-state index in [2.05, 4.69) is 16.6 Å².